The van der Waals surface area contributed by atoms with Crippen molar-refractivity contribution in [2.24, 2.45) is 4.99 Å². The molecule has 0 bridgehead atoms. The van der Waals surface area contributed by atoms with Crippen molar-refractivity contribution in [3.05, 3.63) is 36.0 Å². The van der Waals surface area contributed by atoms with Crippen LogP contribution in [0, 0.1) is 0 Å². The number of para-hydroxylation sites is 1. The van der Waals surface area contributed by atoms with E-state index in [2.05, 4.69) is 65.0 Å². The molecule has 3 rings (SSSR count). The Labute approximate surface area is 180 Å². The molecule has 0 atom stereocenters. The van der Waals surface area contributed by atoms with Crippen LogP contribution in [-0.2, 0) is 6.42 Å². The molecule has 0 amide bonds. The van der Waals surface area contributed by atoms with Gasteiger partial charge in [-0.2, -0.15) is 0 Å². The van der Waals surface area contributed by atoms with Crippen LogP contribution < -0.4 is 10.6 Å². The normalized spacial score (nSPS) is 15.3. The SMILES string of the molecule is CCNC(=NCCN(C)C1CCCC1)NCCc1c[nH]c2ccccc12.I. The summed E-state index contributed by atoms with van der Waals surface area (Å²) in [7, 11) is 2.24. The lowest BCUT2D eigenvalue weighted by molar-refractivity contribution is 0.252. The molecule has 1 saturated carbocycles. The van der Waals surface area contributed by atoms with Crippen molar-refractivity contribution in [3.63, 3.8) is 0 Å². The highest BCUT2D eigenvalue weighted by molar-refractivity contribution is 14.0. The number of nitrogens with one attached hydrogen (secondary N) is 3. The van der Waals surface area contributed by atoms with Crippen molar-refractivity contribution in [3.8, 4) is 0 Å². The molecule has 1 fully saturated rings. The van der Waals surface area contributed by atoms with E-state index in [1.165, 1.54) is 42.1 Å². The number of nitrogens with zero attached hydrogens (tertiary/aromatic N) is 2. The van der Waals surface area contributed by atoms with E-state index in [-0.39, 0.29) is 24.0 Å². The van der Waals surface area contributed by atoms with Crippen molar-refractivity contribution in [2.75, 3.05) is 33.2 Å². The second kappa shape index (κ2) is 11.5. The fourth-order valence-electron chi connectivity index (χ4n) is 3.84. The first-order valence-electron chi connectivity index (χ1n) is 10.1. The summed E-state index contributed by atoms with van der Waals surface area (Å²) in [5, 5.41) is 8.14. The predicted molar refractivity (Wildman–Crippen MR) is 126 cm³/mol. The van der Waals surface area contributed by atoms with Gasteiger partial charge in [0, 0.05) is 42.8 Å². The van der Waals surface area contributed by atoms with Crippen LogP contribution in [0.1, 0.15) is 38.2 Å². The van der Waals surface area contributed by atoms with E-state index in [9.17, 15) is 0 Å². The van der Waals surface area contributed by atoms with Crippen molar-refractivity contribution < 1.29 is 0 Å². The largest absolute Gasteiger partial charge is 0.361 e. The number of fused-ring (bicyclic) bond motifs is 1. The lowest BCUT2D eigenvalue weighted by Gasteiger charge is -2.23. The van der Waals surface area contributed by atoms with Crippen molar-refractivity contribution >= 4 is 40.8 Å². The number of aromatic amines is 1. The number of rotatable bonds is 8. The van der Waals surface area contributed by atoms with Crippen molar-refractivity contribution in [1.29, 1.82) is 0 Å². The summed E-state index contributed by atoms with van der Waals surface area (Å²) in [6.07, 6.45) is 8.57. The smallest absolute Gasteiger partial charge is 0.191 e. The molecule has 1 aromatic carbocycles. The van der Waals surface area contributed by atoms with Gasteiger partial charge in [-0.1, -0.05) is 31.0 Å². The standard InChI is InChI=1S/C21H33N5.HI/c1-3-22-21(24-14-15-26(2)18-8-4-5-9-18)23-13-12-17-16-25-20-11-7-6-10-19(17)20;/h6-7,10-11,16,18,25H,3-5,8-9,12-15H2,1-2H3,(H2,22,23,24);1H. The van der Waals surface area contributed by atoms with E-state index in [0.29, 0.717) is 0 Å². The van der Waals surface area contributed by atoms with Gasteiger partial charge in [0.25, 0.3) is 0 Å². The first kappa shape index (κ1) is 22.0. The number of guanidine groups is 1. The van der Waals surface area contributed by atoms with Gasteiger partial charge in [-0.3, -0.25) is 4.99 Å². The number of aliphatic imine (C=N–C) groups is 1. The first-order chi connectivity index (χ1) is 12.8. The lowest BCUT2D eigenvalue weighted by atomic mass is 10.1. The Hall–Kier alpha value is -1.28. The van der Waals surface area contributed by atoms with E-state index in [1.807, 2.05) is 0 Å². The molecule has 0 spiro atoms. The van der Waals surface area contributed by atoms with Gasteiger partial charge < -0.3 is 20.5 Å². The molecule has 0 aliphatic heterocycles. The molecule has 27 heavy (non-hydrogen) atoms. The second-order valence-electron chi connectivity index (χ2n) is 7.22. The summed E-state index contributed by atoms with van der Waals surface area (Å²) >= 11 is 0. The van der Waals surface area contributed by atoms with Gasteiger partial charge in [0.1, 0.15) is 0 Å². The molecule has 0 unspecified atom stereocenters. The lowest BCUT2D eigenvalue weighted by Crippen LogP contribution is -2.39. The molecule has 0 saturated heterocycles. The number of halogens is 1. The maximum atomic E-state index is 4.75. The number of benzene rings is 1. The molecule has 1 heterocycles. The summed E-state index contributed by atoms with van der Waals surface area (Å²) in [4.78, 5) is 10.6. The molecule has 5 nitrogen and oxygen atoms in total. The molecule has 1 aliphatic rings. The number of H-pyrrole nitrogens is 1. The minimum atomic E-state index is 0. The maximum Gasteiger partial charge on any atom is 0.191 e. The average Bonchev–Trinajstić information content (AvgIpc) is 3.32. The zero-order valence-electron chi connectivity index (χ0n) is 16.6. The van der Waals surface area contributed by atoms with Crippen LogP contribution in [0.15, 0.2) is 35.5 Å². The van der Waals surface area contributed by atoms with Crippen LogP contribution in [0.3, 0.4) is 0 Å². The van der Waals surface area contributed by atoms with Gasteiger partial charge in [0.05, 0.1) is 6.54 Å². The average molecular weight is 483 g/mol. The summed E-state index contributed by atoms with van der Waals surface area (Å²) in [6, 6.07) is 9.24. The molecule has 1 aliphatic carbocycles. The Morgan fingerprint density at radius 3 is 2.78 bits per heavy atom. The van der Waals surface area contributed by atoms with Crippen molar-refractivity contribution in [2.45, 2.75) is 45.1 Å². The summed E-state index contributed by atoms with van der Waals surface area (Å²) in [5.74, 6) is 0.923. The molecular formula is C21H34IN5. The Balaban J connectivity index is 0.00000261. The number of likely N-dealkylation sites (N-methyl/N-ethyl adjacent to an activating group) is 1. The van der Waals surface area contributed by atoms with Crippen LogP contribution >= 0.6 is 24.0 Å². The zero-order chi connectivity index (χ0) is 18.2. The predicted octanol–water partition coefficient (Wildman–Crippen LogP) is 3.76. The minimum absolute atomic E-state index is 0. The Morgan fingerprint density at radius 1 is 1.22 bits per heavy atom. The van der Waals surface area contributed by atoms with Crippen LogP contribution in [0.4, 0.5) is 0 Å². The zero-order valence-corrected chi connectivity index (χ0v) is 19.0. The van der Waals surface area contributed by atoms with E-state index < -0.39 is 0 Å². The molecule has 150 valence electrons. The van der Waals surface area contributed by atoms with Crippen LogP contribution in [-0.4, -0.2) is 55.1 Å². The quantitative estimate of drug-likeness (QED) is 0.305. The van der Waals surface area contributed by atoms with Crippen LogP contribution in [0.2, 0.25) is 0 Å². The number of hydrogen-bond acceptors (Lipinski definition) is 2. The molecule has 1 aromatic heterocycles. The third-order valence-electron chi connectivity index (χ3n) is 5.38. The summed E-state index contributed by atoms with van der Waals surface area (Å²) in [6.45, 7) is 5.75. The second-order valence-corrected chi connectivity index (χ2v) is 7.22. The van der Waals surface area contributed by atoms with Gasteiger partial charge in [0.2, 0.25) is 0 Å². The summed E-state index contributed by atoms with van der Waals surface area (Å²) in [5.41, 5.74) is 2.56. The van der Waals surface area contributed by atoms with E-state index in [1.54, 1.807) is 0 Å². The highest BCUT2D eigenvalue weighted by Gasteiger charge is 2.18. The topological polar surface area (TPSA) is 55.5 Å². The third kappa shape index (κ3) is 6.38. The molecular weight excluding hydrogens is 449 g/mol. The Kier molecular flexibility index (Phi) is 9.41. The van der Waals surface area contributed by atoms with Gasteiger partial charge in [-0.05, 0) is 44.9 Å². The highest BCUT2D eigenvalue weighted by Crippen LogP contribution is 2.22. The number of hydrogen-bond donors (Lipinski definition) is 3. The van der Waals surface area contributed by atoms with Gasteiger partial charge >= 0.3 is 0 Å². The highest BCUT2D eigenvalue weighted by atomic mass is 127. The monoisotopic (exact) mass is 483 g/mol. The Morgan fingerprint density at radius 2 is 2.00 bits per heavy atom. The maximum absolute atomic E-state index is 4.75. The Bertz CT molecular complexity index is 705. The minimum Gasteiger partial charge on any atom is -0.361 e. The molecule has 0 radical (unpaired) electrons. The van der Waals surface area contributed by atoms with E-state index in [4.69, 9.17) is 4.99 Å². The molecule has 6 heteroatoms. The van der Waals surface area contributed by atoms with Crippen LogP contribution in [0.5, 0.6) is 0 Å². The van der Waals surface area contributed by atoms with Gasteiger partial charge in [-0.15, -0.1) is 24.0 Å². The molecule has 2 aromatic rings. The van der Waals surface area contributed by atoms with E-state index in [0.717, 1.165) is 44.6 Å². The van der Waals surface area contributed by atoms with Gasteiger partial charge in [0.15, 0.2) is 5.96 Å². The fourth-order valence-corrected chi connectivity index (χ4v) is 3.84. The van der Waals surface area contributed by atoms with Crippen molar-refractivity contribution in [1.82, 2.24) is 20.5 Å². The van der Waals surface area contributed by atoms with E-state index >= 15 is 0 Å². The fraction of sp³-hybridized carbons (Fsp3) is 0.571. The molecule has 3 N–H and O–H groups in total. The van der Waals surface area contributed by atoms with Crippen LogP contribution in [0.25, 0.3) is 10.9 Å². The number of aromatic nitrogens is 1. The third-order valence-corrected chi connectivity index (χ3v) is 5.38. The first-order valence-corrected chi connectivity index (χ1v) is 10.1. The van der Waals surface area contributed by atoms with Gasteiger partial charge in [-0.25, -0.2) is 0 Å². The summed E-state index contributed by atoms with van der Waals surface area (Å²) < 4.78 is 0.